The SMILES string of the molecule is CCSCN(CC(=O)NCc1ccccc1C)C(=O)[C@@H](O)[C@H](Cc1ccccc1)NC(=O)c1cccc2c1CCCN2. The van der Waals surface area contributed by atoms with Crippen molar-refractivity contribution in [2.45, 2.75) is 51.8 Å². The third kappa shape index (κ3) is 8.36. The Bertz CT molecular complexity index is 1370. The summed E-state index contributed by atoms with van der Waals surface area (Å²) in [6.07, 6.45) is 0.396. The van der Waals surface area contributed by atoms with Crippen molar-refractivity contribution in [3.05, 3.63) is 101 Å². The van der Waals surface area contributed by atoms with Crippen molar-refractivity contribution in [2.75, 3.05) is 30.0 Å². The molecule has 4 N–H and O–H groups in total. The maximum absolute atomic E-state index is 13.7. The Hall–Kier alpha value is -3.82. The van der Waals surface area contributed by atoms with Crippen molar-refractivity contribution < 1.29 is 19.5 Å². The summed E-state index contributed by atoms with van der Waals surface area (Å²) in [5, 5.41) is 20.6. The van der Waals surface area contributed by atoms with Crippen LogP contribution >= 0.6 is 11.8 Å². The molecule has 0 saturated heterocycles. The van der Waals surface area contributed by atoms with Gasteiger partial charge in [-0.2, -0.15) is 0 Å². The summed E-state index contributed by atoms with van der Waals surface area (Å²) in [6.45, 7) is 4.95. The van der Waals surface area contributed by atoms with E-state index in [4.69, 9.17) is 0 Å². The van der Waals surface area contributed by atoms with Gasteiger partial charge in [0.2, 0.25) is 5.91 Å². The number of nitrogens with zero attached hydrogens (tertiary/aromatic N) is 1. The lowest BCUT2D eigenvalue weighted by atomic mass is 9.95. The van der Waals surface area contributed by atoms with Gasteiger partial charge in [0.15, 0.2) is 6.10 Å². The summed E-state index contributed by atoms with van der Waals surface area (Å²) in [5.74, 6) is -0.271. The molecule has 0 radical (unpaired) electrons. The Balaban J connectivity index is 1.51. The van der Waals surface area contributed by atoms with Gasteiger partial charge < -0.3 is 26.0 Å². The fraction of sp³-hybridized carbons (Fsp3) is 0.364. The van der Waals surface area contributed by atoms with Crippen LogP contribution in [0.5, 0.6) is 0 Å². The second-order valence-corrected chi connectivity index (χ2v) is 11.7. The quantitative estimate of drug-likeness (QED) is 0.226. The van der Waals surface area contributed by atoms with Crippen LogP contribution < -0.4 is 16.0 Å². The Morgan fingerprint density at radius 1 is 1.02 bits per heavy atom. The van der Waals surface area contributed by atoms with Crippen LogP contribution in [0.3, 0.4) is 0 Å². The van der Waals surface area contributed by atoms with Crippen molar-refractivity contribution in [1.82, 2.24) is 15.5 Å². The molecule has 9 heteroatoms. The summed E-state index contributed by atoms with van der Waals surface area (Å²) in [7, 11) is 0. The molecule has 0 unspecified atom stereocenters. The molecule has 0 bridgehead atoms. The minimum Gasteiger partial charge on any atom is -0.385 e. The summed E-state index contributed by atoms with van der Waals surface area (Å²) >= 11 is 1.48. The van der Waals surface area contributed by atoms with E-state index in [-0.39, 0.29) is 30.7 Å². The molecule has 0 fully saturated rings. The van der Waals surface area contributed by atoms with E-state index in [2.05, 4.69) is 16.0 Å². The molecule has 0 aliphatic carbocycles. The highest BCUT2D eigenvalue weighted by atomic mass is 32.2. The molecule has 4 rings (SSSR count). The van der Waals surface area contributed by atoms with E-state index in [1.54, 1.807) is 6.07 Å². The number of benzene rings is 3. The summed E-state index contributed by atoms with van der Waals surface area (Å²) in [6, 6.07) is 21.9. The molecule has 0 aromatic heterocycles. The Morgan fingerprint density at radius 3 is 2.55 bits per heavy atom. The van der Waals surface area contributed by atoms with Crippen molar-refractivity contribution >= 4 is 35.2 Å². The lowest BCUT2D eigenvalue weighted by Gasteiger charge is -2.30. The molecule has 3 aromatic rings. The van der Waals surface area contributed by atoms with Gasteiger partial charge in [0.1, 0.15) is 6.54 Å². The van der Waals surface area contributed by atoms with E-state index >= 15 is 0 Å². The van der Waals surface area contributed by atoms with Gasteiger partial charge >= 0.3 is 0 Å². The largest absolute Gasteiger partial charge is 0.385 e. The predicted molar refractivity (Wildman–Crippen MR) is 168 cm³/mol. The minimum atomic E-state index is -1.55. The lowest BCUT2D eigenvalue weighted by molar-refractivity contribution is -0.143. The average molecular weight is 589 g/mol. The number of aliphatic hydroxyl groups is 1. The Morgan fingerprint density at radius 2 is 1.79 bits per heavy atom. The van der Waals surface area contributed by atoms with Gasteiger partial charge in [-0.3, -0.25) is 14.4 Å². The fourth-order valence-electron chi connectivity index (χ4n) is 5.06. The number of hydrogen-bond donors (Lipinski definition) is 4. The summed E-state index contributed by atoms with van der Waals surface area (Å²) in [4.78, 5) is 41.6. The van der Waals surface area contributed by atoms with E-state index in [0.29, 0.717) is 12.1 Å². The summed E-state index contributed by atoms with van der Waals surface area (Å²) < 4.78 is 0. The van der Waals surface area contributed by atoms with Crippen LogP contribution in [0.2, 0.25) is 0 Å². The van der Waals surface area contributed by atoms with Crippen LogP contribution in [-0.2, 0) is 29.0 Å². The van der Waals surface area contributed by atoms with E-state index in [0.717, 1.165) is 53.1 Å². The second-order valence-electron chi connectivity index (χ2n) is 10.4. The maximum atomic E-state index is 13.7. The summed E-state index contributed by atoms with van der Waals surface area (Å²) in [5.41, 5.74) is 5.34. The molecule has 8 nitrogen and oxygen atoms in total. The number of carbonyl (C=O) groups is 3. The van der Waals surface area contributed by atoms with Gasteiger partial charge in [0.25, 0.3) is 11.8 Å². The molecule has 1 aliphatic rings. The van der Waals surface area contributed by atoms with Gasteiger partial charge in [0.05, 0.1) is 11.9 Å². The third-order valence-corrected chi connectivity index (χ3v) is 8.33. The number of aliphatic hydroxyl groups excluding tert-OH is 1. The number of thioether (sulfide) groups is 1. The molecule has 3 aromatic carbocycles. The van der Waals surface area contributed by atoms with E-state index < -0.39 is 18.1 Å². The van der Waals surface area contributed by atoms with E-state index in [9.17, 15) is 19.5 Å². The van der Waals surface area contributed by atoms with Gasteiger partial charge in [-0.1, -0.05) is 67.6 Å². The van der Waals surface area contributed by atoms with Crippen molar-refractivity contribution in [3.8, 4) is 0 Å². The smallest absolute Gasteiger partial charge is 0.254 e. The fourth-order valence-corrected chi connectivity index (χ4v) is 5.68. The standard InChI is InChI=1S/C33H40N4O4S/c1-3-42-22-37(21-30(38)35-20-25-14-8-7-11-23(25)2)33(41)31(39)29(19-24-12-5-4-6-13-24)36-32(40)27-15-9-17-28-26(27)16-10-18-34-28/h4-9,11-15,17,29,31,34,39H,3,10,16,18-22H2,1-2H3,(H,35,38)(H,36,40)/t29-,31-/m0/s1. The highest BCUT2D eigenvalue weighted by Crippen LogP contribution is 2.25. The predicted octanol–water partition coefficient (Wildman–Crippen LogP) is 3.91. The first-order chi connectivity index (χ1) is 20.4. The van der Waals surface area contributed by atoms with Crippen LogP contribution in [0.1, 0.15) is 46.0 Å². The molecule has 1 aliphatic heterocycles. The topological polar surface area (TPSA) is 111 Å². The van der Waals surface area contributed by atoms with Crippen LogP contribution in [0.4, 0.5) is 5.69 Å². The first-order valence-corrected chi connectivity index (χ1v) is 15.6. The Kier molecular flexibility index (Phi) is 11.4. The molecule has 0 saturated carbocycles. The Labute approximate surface area is 252 Å². The normalized spacial score (nSPS) is 13.7. The highest BCUT2D eigenvalue weighted by molar-refractivity contribution is 7.99. The number of hydrogen-bond acceptors (Lipinski definition) is 6. The van der Waals surface area contributed by atoms with Gasteiger partial charge in [0, 0.05) is 24.3 Å². The number of amides is 3. The van der Waals surface area contributed by atoms with Crippen LogP contribution in [0.15, 0.2) is 72.8 Å². The molecule has 42 heavy (non-hydrogen) atoms. The van der Waals surface area contributed by atoms with Gasteiger partial charge in [-0.05, 0) is 66.3 Å². The molecule has 1 heterocycles. The number of aryl methyl sites for hydroxylation is 1. The zero-order valence-corrected chi connectivity index (χ0v) is 25.1. The van der Waals surface area contributed by atoms with Crippen molar-refractivity contribution in [2.24, 2.45) is 0 Å². The van der Waals surface area contributed by atoms with Crippen LogP contribution in [0.25, 0.3) is 0 Å². The molecular formula is C33H40N4O4S. The first-order valence-electron chi connectivity index (χ1n) is 14.4. The monoisotopic (exact) mass is 588 g/mol. The van der Waals surface area contributed by atoms with Crippen LogP contribution in [0, 0.1) is 6.92 Å². The maximum Gasteiger partial charge on any atom is 0.254 e. The molecule has 222 valence electrons. The molecule has 2 atom stereocenters. The number of anilines is 1. The zero-order chi connectivity index (χ0) is 29.9. The van der Waals surface area contributed by atoms with Gasteiger partial charge in [-0.25, -0.2) is 0 Å². The average Bonchev–Trinajstić information content (AvgIpc) is 3.01. The zero-order valence-electron chi connectivity index (χ0n) is 24.3. The van der Waals surface area contributed by atoms with Crippen LogP contribution in [-0.4, -0.2) is 64.6 Å². The first kappa shape index (κ1) is 31.1. The van der Waals surface area contributed by atoms with Gasteiger partial charge in [-0.15, -0.1) is 11.8 Å². The van der Waals surface area contributed by atoms with E-state index in [1.807, 2.05) is 80.6 Å². The number of rotatable bonds is 13. The van der Waals surface area contributed by atoms with Crippen molar-refractivity contribution in [1.29, 1.82) is 0 Å². The number of fused-ring (bicyclic) bond motifs is 1. The molecule has 3 amide bonds. The third-order valence-electron chi connectivity index (χ3n) is 7.42. The molecular weight excluding hydrogens is 548 g/mol. The molecule has 0 spiro atoms. The second kappa shape index (κ2) is 15.4. The van der Waals surface area contributed by atoms with Crippen molar-refractivity contribution in [3.63, 3.8) is 0 Å². The minimum absolute atomic E-state index is 0.196. The highest BCUT2D eigenvalue weighted by Gasteiger charge is 2.33. The number of nitrogens with one attached hydrogen (secondary N) is 3. The number of carbonyl (C=O) groups excluding carboxylic acids is 3. The lowest BCUT2D eigenvalue weighted by Crippen LogP contribution is -2.54. The van der Waals surface area contributed by atoms with E-state index in [1.165, 1.54) is 16.7 Å².